The lowest BCUT2D eigenvalue weighted by Gasteiger charge is -2.33. The summed E-state index contributed by atoms with van der Waals surface area (Å²) in [6, 6.07) is 8.81. The number of piperidine rings is 1. The van der Waals surface area contributed by atoms with Crippen molar-refractivity contribution in [3.63, 3.8) is 0 Å². The van der Waals surface area contributed by atoms with E-state index in [0.717, 1.165) is 0 Å². The van der Waals surface area contributed by atoms with Crippen molar-refractivity contribution in [1.82, 2.24) is 4.90 Å². The molecule has 0 aliphatic carbocycles. The summed E-state index contributed by atoms with van der Waals surface area (Å²) in [5.74, 6) is -1.41. The molecule has 0 saturated carbocycles. The van der Waals surface area contributed by atoms with Crippen LogP contribution in [0.15, 0.2) is 24.3 Å². The average Bonchev–Trinajstić information content (AvgIpc) is 3.02. The van der Waals surface area contributed by atoms with E-state index in [0.29, 0.717) is 50.3 Å². The fourth-order valence-corrected chi connectivity index (χ4v) is 3.48. The summed E-state index contributed by atoms with van der Waals surface area (Å²) in [6.07, 6.45) is -0.774. The predicted molar refractivity (Wildman–Crippen MR) is 91.6 cm³/mol. The van der Waals surface area contributed by atoms with E-state index in [9.17, 15) is 14.7 Å². The van der Waals surface area contributed by atoms with Crippen LogP contribution in [0.25, 0.3) is 0 Å². The maximum absolute atomic E-state index is 12.1. The second-order valence-electron chi connectivity index (χ2n) is 6.70. The topological polar surface area (TPSA) is 114 Å². The highest BCUT2D eigenvalue weighted by atomic mass is 16.6. The highest BCUT2D eigenvalue weighted by Gasteiger charge is 2.35. The molecule has 0 radical (unpaired) electrons. The van der Waals surface area contributed by atoms with Crippen LogP contribution in [0, 0.1) is 17.2 Å². The number of amides is 1. The summed E-state index contributed by atoms with van der Waals surface area (Å²) >= 11 is 0. The molecule has 2 aliphatic rings. The first-order chi connectivity index (χ1) is 12.5. The normalized spacial score (nSPS) is 22.7. The van der Waals surface area contributed by atoms with Crippen LogP contribution in [0.3, 0.4) is 0 Å². The molecule has 2 fully saturated rings. The van der Waals surface area contributed by atoms with Gasteiger partial charge >= 0.3 is 12.1 Å². The van der Waals surface area contributed by atoms with Crippen LogP contribution >= 0.6 is 0 Å². The molecule has 2 N–H and O–H groups in total. The predicted octanol–water partition coefficient (Wildman–Crippen LogP) is 1.04. The monoisotopic (exact) mass is 359 g/mol. The number of likely N-dealkylation sites (tertiary alicyclic amines) is 1. The molecule has 2 unspecified atom stereocenters. The Hall–Kier alpha value is -2.63. The molecule has 138 valence electrons. The highest BCUT2D eigenvalue weighted by molar-refractivity contribution is 5.89. The van der Waals surface area contributed by atoms with E-state index < -0.39 is 18.2 Å². The van der Waals surface area contributed by atoms with Crippen LogP contribution in [0.5, 0.6) is 0 Å². The van der Waals surface area contributed by atoms with Crippen molar-refractivity contribution in [2.75, 3.05) is 31.1 Å². The number of benzene rings is 1. The van der Waals surface area contributed by atoms with Crippen molar-refractivity contribution in [2.24, 2.45) is 5.92 Å². The summed E-state index contributed by atoms with van der Waals surface area (Å²) < 4.78 is 5.44. The second kappa shape index (κ2) is 7.72. The fraction of sp³-hybridized carbons (Fsp3) is 0.500. The third-order valence-electron chi connectivity index (χ3n) is 4.98. The highest BCUT2D eigenvalue weighted by Crippen LogP contribution is 2.25. The lowest BCUT2D eigenvalue weighted by Crippen LogP contribution is -2.43. The van der Waals surface area contributed by atoms with Crippen molar-refractivity contribution in [3.05, 3.63) is 29.8 Å². The number of rotatable bonds is 5. The van der Waals surface area contributed by atoms with Crippen LogP contribution in [0.1, 0.15) is 18.4 Å². The van der Waals surface area contributed by atoms with Gasteiger partial charge in [-0.15, -0.1) is 0 Å². The minimum atomic E-state index is -1.31. The van der Waals surface area contributed by atoms with E-state index in [-0.39, 0.29) is 12.0 Å². The molecule has 0 aromatic heterocycles. The molecule has 1 aromatic carbocycles. The molecule has 0 spiro atoms. The minimum Gasteiger partial charge on any atom is -0.479 e. The van der Waals surface area contributed by atoms with Crippen molar-refractivity contribution in [1.29, 1.82) is 5.26 Å². The Morgan fingerprint density at radius 2 is 1.96 bits per heavy atom. The molecule has 8 heteroatoms. The van der Waals surface area contributed by atoms with Crippen molar-refractivity contribution in [2.45, 2.75) is 25.0 Å². The zero-order valence-corrected chi connectivity index (χ0v) is 14.2. The van der Waals surface area contributed by atoms with Crippen LogP contribution < -0.4 is 4.90 Å². The van der Waals surface area contributed by atoms with Crippen LogP contribution in [0.4, 0.5) is 10.5 Å². The number of aliphatic hydroxyl groups excluding tert-OH is 1. The Kier molecular flexibility index (Phi) is 5.40. The summed E-state index contributed by atoms with van der Waals surface area (Å²) in [5.41, 5.74) is 1.23. The molecule has 2 heterocycles. The number of aliphatic hydroxyl groups is 1. The number of hydrogen-bond donors (Lipinski definition) is 2. The van der Waals surface area contributed by atoms with Crippen LogP contribution in [0.2, 0.25) is 0 Å². The number of carbonyl (C=O) groups excluding carboxylic acids is 1. The van der Waals surface area contributed by atoms with Gasteiger partial charge in [-0.05, 0) is 56.1 Å². The van der Waals surface area contributed by atoms with Gasteiger partial charge in [-0.2, -0.15) is 5.26 Å². The van der Waals surface area contributed by atoms with Gasteiger partial charge in [0.25, 0.3) is 0 Å². The molecule has 2 atom stereocenters. The van der Waals surface area contributed by atoms with E-state index >= 15 is 0 Å². The van der Waals surface area contributed by atoms with Crippen molar-refractivity contribution >= 4 is 17.7 Å². The third kappa shape index (κ3) is 3.95. The van der Waals surface area contributed by atoms with Crippen molar-refractivity contribution in [3.8, 4) is 6.07 Å². The lowest BCUT2D eigenvalue weighted by atomic mass is 9.91. The second-order valence-corrected chi connectivity index (χ2v) is 6.70. The van der Waals surface area contributed by atoms with Crippen molar-refractivity contribution < 1.29 is 24.5 Å². The number of carbonyl (C=O) groups is 2. The molecular weight excluding hydrogens is 338 g/mol. The van der Waals surface area contributed by atoms with Gasteiger partial charge in [0.05, 0.1) is 18.2 Å². The number of aliphatic carboxylic acids is 1. The van der Waals surface area contributed by atoms with E-state index in [1.54, 1.807) is 29.2 Å². The Labute approximate surface area is 151 Å². The first kappa shape index (κ1) is 18.2. The van der Waals surface area contributed by atoms with E-state index in [4.69, 9.17) is 15.1 Å². The maximum Gasteiger partial charge on any atom is 0.414 e. The van der Waals surface area contributed by atoms with E-state index in [2.05, 4.69) is 4.90 Å². The summed E-state index contributed by atoms with van der Waals surface area (Å²) in [5, 5.41) is 27.4. The summed E-state index contributed by atoms with van der Waals surface area (Å²) in [4.78, 5) is 26.7. The van der Waals surface area contributed by atoms with Gasteiger partial charge in [-0.3, -0.25) is 9.80 Å². The van der Waals surface area contributed by atoms with E-state index in [1.807, 2.05) is 6.07 Å². The minimum absolute atomic E-state index is 0.231. The quantitative estimate of drug-likeness (QED) is 0.807. The molecule has 0 bridgehead atoms. The smallest absolute Gasteiger partial charge is 0.414 e. The number of carboxylic acid groups (broad SMARTS) is 1. The summed E-state index contributed by atoms with van der Waals surface area (Å²) in [7, 11) is 0. The van der Waals surface area contributed by atoms with Gasteiger partial charge in [0.15, 0.2) is 6.10 Å². The zero-order valence-electron chi connectivity index (χ0n) is 14.2. The third-order valence-corrected chi connectivity index (χ3v) is 4.98. The fourth-order valence-electron chi connectivity index (χ4n) is 3.48. The number of nitriles is 1. The molecule has 26 heavy (non-hydrogen) atoms. The zero-order chi connectivity index (χ0) is 18.7. The van der Waals surface area contributed by atoms with Crippen LogP contribution in [-0.4, -0.2) is 65.6 Å². The molecular formula is C18H21N3O5. The van der Waals surface area contributed by atoms with Gasteiger partial charge in [-0.25, -0.2) is 9.59 Å². The van der Waals surface area contributed by atoms with Gasteiger partial charge in [0, 0.05) is 12.2 Å². The molecule has 1 amide bonds. The number of ether oxygens (including phenoxy) is 1. The molecule has 1 aromatic rings. The van der Waals surface area contributed by atoms with Gasteiger partial charge in [0.1, 0.15) is 6.10 Å². The van der Waals surface area contributed by atoms with E-state index in [1.165, 1.54) is 0 Å². The maximum atomic E-state index is 12.1. The first-order valence-electron chi connectivity index (χ1n) is 8.59. The Morgan fingerprint density at radius 1 is 1.31 bits per heavy atom. The molecule has 2 aliphatic heterocycles. The molecule has 8 nitrogen and oxygen atoms in total. The summed E-state index contributed by atoms with van der Waals surface area (Å²) in [6.45, 7) is 2.34. The Bertz CT molecular complexity index is 707. The molecule has 2 saturated heterocycles. The standard InChI is InChI=1S/C18H21N3O5/c19-9-12-1-3-14(4-2-12)21-11-15(26-18(21)25)10-20-7-5-13(6-8-20)16(22)17(23)24/h1-4,13,15-16,22H,5-8,10-11H2,(H,23,24). The number of anilines is 1. The van der Waals surface area contributed by atoms with Crippen LogP contribution in [-0.2, 0) is 9.53 Å². The largest absolute Gasteiger partial charge is 0.479 e. The number of nitrogens with zero attached hydrogens (tertiary/aromatic N) is 3. The van der Waals surface area contributed by atoms with Gasteiger partial charge in [-0.1, -0.05) is 0 Å². The first-order valence-corrected chi connectivity index (χ1v) is 8.59. The number of cyclic esters (lactones) is 1. The lowest BCUT2D eigenvalue weighted by molar-refractivity contribution is -0.150. The Morgan fingerprint density at radius 3 is 2.54 bits per heavy atom. The molecule has 3 rings (SSSR count). The number of carboxylic acids is 1. The average molecular weight is 359 g/mol. The van der Waals surface area contributed by atoms with Gasteiger partial charge < -0.3 is 14.9 Å². The van der Waals surface area contributed by atoms with Gasteiger partial charge in [0.2, 0.25) is 0 Å². The Balaban J connectivity index is 1.52. The SMILES string of the molecule is N#Cc1ccc(N2CC(CN3CCC(C(O)C(=O)O)CC3)OC2=O)cc1. The number of hydrogen-bond acceptors (Lipinski definition) is 6.